The van der Waals surface area contributed by atoms with Gasteiger partial charge in [0, 0.05) is 43.6 Å². The maximum atomic E-state index is 13.1. The van der Waals surface area contributed by atoms with Gasteiger partial charge in [-0.25, -0.2) is 4.79 Å². The molecule has 0 aromatic carbocycles. The Hall–Kier alpha value is -1.74. The van der Waals surface area contributed by atoms with Crippen LogP contribution in [0, 0.1) is 29.6 Å². The van der Waals surface area contributed by atoms with Crippen molar-refractivity contribution in [1.82, 2.24) is 0 Å². The van der Waals surface area contributed by atoms with Crippen molar-refractivity contribution in [3.05, 3.63) is 23.8 Å². The molecule has 2 aliphatic heterocycles. The molecule has 2 aliphatic carbocycles. The second-order valence-corrected chi connectivity index (χ2v) is 10.2. The molecular weight excluding hydrogens is 428 g/mol. The first-order chi connectivity index (χ1) is 15.5. The Balaban J connectivity index is 1.82. The summed E-state index contributed by atoms with van der Waals surface area (Å²) in [5.74, 6) is -2.24. The summed E-state index contributed by atoms with van der Waals surface area (Å²) in [6.07, 6.45) is 2.14. The van der Waals surface area contributed by atoms with Crippen molar-refractivity contribution in [2.24, 2.45) is 29.6 Å². The molecule has 33 heavy (non-hydrogen) atoms. The number of hydrogen-bond acceptors (Lipinski definition) is 8. The summed E-state index contributed by atoms with van der Waals surface area (Å²) in [6.45, 7) is 8.75. The molecule has 1 saturated carbocycles. The minimum atomic E-state index is -0.882. The molecule has 0 aromatic rings. The van der Waals surface area contributed by atoms with Gasteiger partial charge in [-0.1, -0.05) is 32.1 Å². The van der Waals surface area contributed by atoms with Crippen molar-refractivity contribution in [3.63, 3.8) is 0 Å². The van der Waals surface area contributed by atoms with E-state index >= 15 is 0 Å². The molecule has 2 N–H and O–H groups in total. The summed E-state index contributed by atoms with van der Waals surface area (Å²) < 4.78 is 23.4. The largest absolute Gasteiger partial charge is 0.459 e. The lowest BCUT2D eigenvalue weighted by molar-refractivity contribution is -0.178. The normalized spacial score (nSPS) is 49.3. The fourth-order valence-corrected chi connectivity index (χ4v) is 6.66. The molecule has 2 heterocycles. The zero-order chi connectivity index (χ0) is 24.2. The van der Waals surface area contributed by atoms with Gasteiger partial charge in [-0.2, -0.15) is 0 Å². The van der Waals surface area contributed by atoms with Crippen LogP contribution in [0.1, 0.15) is 41.0 Å². The summed E-state index contributed by atoms with van der Waals surface area (Å²) in [6, 6.07) is 0. The van der Waals surface area contributed by atoms with Crippen LogP contribution in [0.25, 0.3) is 0 Å². The summed E-state index contributed by atoms with van der Waals surface area (Å²) in [7, 11) is 1.46. The van der Waals surface area contributed by atoms with Crippen LogP contribution in [-0.2, 0) is 28.5 Å². The van der Waals surface area contributed by atoms with Gasteiger partial charge in [0.05, 0.1) is 18.3 Å². The highest BCUT2D eigenvalue weighted by Crippen LogP contribution is 2.60. The third-order valence-electron chi connectivity index (χ3n) is 8.25. The van der Waals surface area contributed by atoms with Gasteiger partial charge < -0.3 is 29.2 Å². The maximum Gasteiger partial charge on any atom is 0.335 e. The van der Waals surface area contributed by atoms with Crippen molar-refractivity contribution in [1.29, 1.82) is 0 Å². The Morgan fingerprint density at radius 2 is 1.94 bits per heavy atom. The first-order valence-corrected chi connectivity index (χ1v) is 11.8. The van der Waals surface area contributed by atoms with Crippen molar-refractivity contribution in [2.75, 3.05) is 7.11 Å². The maximum absolute atomic E-state index is 13.1. The average molecular weight is 465 g/mol. The van der Waals surface area contributed by atoms with E-state index in [4.69, 9.17) is 18.9 Å². The lowest BCUT2D eigenvalue weighted by atomic mass is 9.57. The Morgan fingerprint density at radius 3 is 2.58 bits per heavy atom. The molecule has 0 radical (unpaired) electrons. The minimum Gasteiger partial charge on any atom is -0.459 e. The Labute approximate surface area is 194 Å². The molecule has 4 rings (SSSR count). The van der Waals surface area contributed by atoms with Crippen LogP contribution in [0.15, 0.2) is 23.8 Å². The number of cyclic esters (lactones) is 1. The van der Waals surface area contributed by atoms with Gasteiger partial charge in [0.25, 0.3) is 0 Å². The molecule has 8 nitrogen and oxygen atoms in total. The van der Waals surface area contributed by atoms with E-state index in [1.807, 2.05) is 39.0 Å². The van der Waals surface area contributed by atoms with Gasteiger partial charge in [-0.05, 0) is 25.8 Å². The number of hydrogen-bond donors (Lipinski definition) is 2. The van der Waals surface area contributed by atoms with E-state index in [2.05, 4.69) is 0 Å². The van der Waals surface area contributed by atoms with Gasteiger partial charge in [-0.15, -0.1) is 0 Å². The van der Waals surface area contributed by atoms with Gasteiger partial charge in [0.2, 0.25) is 0 Å². The minimum absolute atomic E-state index is 0.118. The van der Waals surface area contributed by atoms with E-state index < -0.39 is 54.2 Å². The molecule has 0 amide bonds. The van der Waals surface area contributed by atoms with Crippen LogP contribution < -0.4 is 0 Å². The standard InChI is InChI=1S/C25H36O8/c1-11-9-12(2)25-16(7-8-17-19(25)20(27)13(3)21(28)23(17)33-25)10-18(30-6)24(29)32-22(11)14(4)31-15(5)26/h7-9,11,13-14,16-23,27-28H,10H2,1-6H3/b12-9+/t11-,13-,14-,16-,17-,18+,19+,20-,21-,22+,23-,25+/m1/s1. The van der Waals surface area contributed by atoms with E-state index in [0.717, 1.165) is 5.57 Å². The summed E-state index contributed by atoms with van der Waals surface area (Å²) in [5.41, 5.74) is 0.0302. The van der Waals surface area contributed by atoms with Gasteiger partial charge in [-0.3, -0.25) is 4.79 Å². The monoisotopic (exact) mass is 464 g/mol. The van der Waals surface area contributed by atoms with E-state index in [0.29, 0.717) is 6.42 Å². The molecule has 1 spiro atoms. The third-order valence-corrected chi connectivity index (χ3v) is 8.25. The van der Waals surface area contributed by atoms with Gasteiger partial charge >= 0.3 is 11.9 Å². The molecule has 1 saturated heterocycles. The Kier molecular flexibility index (Phi) is 6.50. The molecule has 184 valence electrons. The lowest BCUT2D eigenvalue weighted by Gasteiger charge is -2.48. The van der Waals surface area contributed by atoms with E-state index in [1.54, 1.807) is 6.92 Å². The zero-order valence-electron chi connectivity index (χ0n) is 20.1. The molecule has 12 atom stereocenters. The number of methoxy groups -OCH3 is 1. The van der Waals surface area contributed by atoms with Crippen molar-refractivity contribution < 1.29 is 38.7 Å². The fraction of sp³-hybridized carbons (Fsp3) is 0.760. The number of ether oxygens (including phenoxy) is 4. The predicted molar refractivity (Wildman–Crippen MR) is 118 cm³/mol. The number of rotatable bonds is 3. The number of aliphatic hydroxyl groups is 2. The average Bonchev–Trinajstić information content (AvgIpc) is 2.96. The highest BCUT2D eigenvalue weighted by Gasteiger charge is 2.68. The van der Waals surface area contributed by atoms with Crippen LogP contribution in [-0.4, -0.2) is 71.5 Å². The molecular formula is C25H36O8. The van der Waals surface area contributed by atoms with Crippen molar-refractivity contribution in [3.8, 4) is 0 Å². The second-order valence-electron chi connectivity index (χ2n) is 10.2. The van der Waals surface area contributed by atoms with Crippen LogP contribution in [0.3, 0.4) is 0 Å². The molecule has 4 aliphatic rings. The first kappa shape index (κ1) is 24.4. The molecule has 0 aromatic heterocycles. The van der Waals surface area contributed by atoms with E-state index in [9.17, 15) is 19.8 Å². The van der Waals surface area contributed by atoms with Crippen LogP contribution in [0.2, 0.25) is 0 Å². The summed E-state index contributed by atoms with van der Waals surface area (Å²) in [4.78, 5) is 24.7. The highest BCUT2D eigenvalue weighted by atomic mass is 16.6. The smallest absolute Gasteiger partial charge is 0.335 e. The molecule has 8 heteroatoms. The van der Waals surface area contributed by atoms with Crippen molar-refractivity contribution in [2.45, 2.75) is 83.3 Å². The van der Waals surface area contributed by atoms with E-state index in [1.165, 1.54) is 14.0 Å². The number of esters is 2. The highest BCUT2D eigenvalue weighted by molar-refractivity contribution is 5.75. The van der Waals surface area contributed by atoms with Crippen LogP contribution >= 0.6 is 0 Å². The molecule has 4 bridgehead atoms. The van der Waals surface area contributed by atoms with Crippen LogP contribution in [0.4, 0.5) is 0 Å². The van der Waals surface area contributed by atoms with Crippen molar-refractivity contribution >= 4 is 11.9 Å². The molecule has 2 fully saturated rings. The van der Waals surface area contributed by atoms with Crippen LogP contribution in [0.5, 0.6) is 0 Å². The Bertz CT molecular complexity index is 851. The Morgan fingerprint density at radius 1 is 1.24 bits per heavy atom. The van der Waals surface area contributed by atoms with Gasteiger partial charge in [0.1, 0.15) is 17.8 Å². The van der Waals surface area contributed by atoms with E-state index in [-0.39, 0.29) is 29.6 Å². The topological polar surface area (TPSA) is 112 Å². The number of aliphatic hydroxyl groups excluding tert-OH is 2. The summed E-state index contributed by atoms with van der Waals surface area (Å²) in [5, 5.41) is 22.2. The zero-order valence-corrected chi connectivity index (χ0v) is 20.1. The fourth-order valence-electron chi connectivity index (χ4n) is 6.66. The molecule has 0 unspecified atom stereocenters. The number of carbonyl (C=O) groups excluding carboxylic acids is 2. The third kappa shape index (κ3) is 3.75. The SMILES string of the molecule is CO[C@H]1C[C@H]2C=C[C@H]3[C@H]4O[C@]2(/C(C)=C/[C@@H](C)[C@@H]([C@@H](C)OC(C)=O)OC1=O)[C@@H]3[C@H](O)[C@@H](C)[C@H]4O. The summed E-state index contributed by atoms with van der Waals surface area (Å²) >= 11 is 0. The second kappa shape index (κ2) is 8.80. The number of carbonyl (C=O) groups is 2. The quantitative estimate of drug-likeness (QED) is 0.480. The predicted octanol–water partition coefficient (Wildman–Crippen LogP) is 1.78. The van der Waals surface area contributed by atoms with Gasteiger partial charge in [0.15, 0.2) is 6.10 Å². The first-order valence-electron chi connectivity index (χ1n) is 11.8. The lowest BCUT2D eigenvalue weighted by Crippen LogP contribution is -2.56.